The molecule has 6 heteroatoms. The van der Waals surface area contributed by atoms with Gasteiger partial charge in [-0.05, 0) is 24.3 Å². The Kier molecular flexibility index (Phi) is 4.19. The molecule has 1 aliphatic rings. The highest BCUT2D eigenvalue weighted by molar-refractivity contribution is 7.18. The molecule has 0 bridgehead atoms. The van der Waals surface area contributed by atoms with E-state index >= 15 is 0 Å². The van der Waals surface area contributed by atoms with Crippen LogP contribution in [0.2, 0.25) is 0 Å². The van der Waals surface area contributed by atoms with Gasteiger partial charge in [-0.2, -0.15) is 0 Å². The van der Waals surface area contributed by atoms with Gasteiger partial charge in [0.05, 0.1) is 26.6 Å². The van der Waals surface area contributed by atoms with Crippen LogP contribution in [0.15, 0.2) is 48.5 Å². The fourth-order valence-corrected chi connectivity index (χ4v) is 3.96. The van der Waals surface area contributed by atoms with Crippen LogP contribution in [0.5, 0.6) is 0 Å². The second-order valence-electron chi connectivity index (χ2n) is 5.94. The number of benzene rings is 2. The maximum Gasteiger partial charge on any atom is 0.227 e. The number of hydrogen-bond donors (Lipinski definition) is 1. The molecule has 126 valence electrons. The number of carbonyl (C=O) groups is 2. The first-order valence-electron chi connectivity index (χ1n) is 8.24. The van der Waals surface area contributed by atoms with Crippen LogP contribution in [0.25, 0.3) is 10.2 Å². The Bertz CT molecular complexity index is 918. The van der Waals surface area contributed by atoms with Gasteiger partial charge < -0.3 is 10.2 Å². The maximum absolute atomic E-state index is 12.8. The largest absolute Gasteiger partial charge is 0.324 e. The van der Waals surface area contributed by atoms with Crippen LogP contribution in [-0.4, -0.2) is 23.3 Å². The number of nitrogens with zero attached hydrogens (tertiary/aromatic N) is 2. The van der Waals surface area contributed by atoms with Crippen molar-refractivity contribution in [2.24, 2.45) is 0 Å². The van der Waals surface area contributed by atoms with Crippen LogP contribution in [0.3, 0.4) is 0 Å². The number of hydrogen-bond acceptors (Lipinski definition) is 4. The Balaban J connectivity index is 1.51. The lowest BCUT2D eigenvalue weighted by molar-refractivity contribution is -0.118. The van der Waals surface area contributed by atoms with Gasteiger partial charge in [-0.15, -0.1) is 11.3 Å². The summed E-state index contributed by atoms with van der Waals surface area (Å²) < 4.78 is 1.14. The third-order valence-corrected chi connectivity index (χ3v) is 5.32. The van der Waals surface area contributed by atoms with Gasteiger partial charge in [0.25, 0.3) is 0 Å². The number of carbonyl (C=O) groups excluding carboxylic acids is 2. The maximum atomic E-state index is 12.8. The fourth-order valence-electron chi connectivity index (χ4n) is 3.00. The van der Waals surface area contributed by atoms with E-state index in [-0.39, 0.29) is 11.8 Å². The minimum atomic E-state index is -0.0612. The molecule has 2 heterocycles. The van der Waals surface area contributed by atoms with Crippen molar-refractivity contribution in [2.45, 2.75) is 19.3 Å². The number of amides is 2. The fraction of sp³-hybridized carbons (Fsp3) is 0.211. The third kappa shape index (κ3) is 3.25. The van der Waals surface area contributed by atoms with Gasteiger partial charge in [0, 0.05) is 25.8 Å². The average molecular weight is 351 g/mol. The first kappa shape index (κ1) is 15.8. The summed E-state index contributed by atoms with van der Waals surface area (Å²) in [6, 6.07) is 15.4. The summed E-state index contributed by atoms with van der Waals surface area (Å²) in [6.07, 6.45) is 1.29. The average Bonchev–Trinajstić information content (AvgIpc) is 2.96. The lowest BCUT2D eigenvalue weighted by Gasteiger charge is -2.21. The number of thiazole rings is 1. The summed E-state index contributed by atoms with van der Waals surface area (Å²) in [4.78, 5) is 30.9. The van der Waals surface area contributed by atoms with E-state index in [0.29, 0.717) is 31.5 Å². The molecule has 1 N–H and O–H groups in total. The third-order valence-electron chi connectivity index (χ3n) is 4.22. The summed E-state index contributed by atoms with van der Waals surface area (Å²) in [5, 5.41) is 3.82. The molecule has 2 amide bonds. The van der Waals surface area contributed by atoms with E-state index in [1.807, 2.05) is 48.5 Å². The van der Waals surface area contributed by atoms with Crippen LogP contribution in [0.4, 0.5) is 11.4 Å². The molecule has 0 spiro atoms. The second-order valence-corrected chi connectivity index (χ2v) is 7.05. The molecule has 0 fully saturated rings. The van der Waals surface area contributed by atoms with E-state index in [1.54, 1.807) is 16.2 Å². The monoisotopic (exact) mass is 351 g/mol. The molecule has 0 aliphatic carbocycles. The number of aryl methyl sites for hydroxylation is 1. The Morgan fingerprint density at radius 2 is 1.96 bits per heavy atom. The molecule has 0 unspecified atom stereocenters. The van der Waals surface area contributed by atoms with Crippen molar-refractivity contribution in [1.82, 2.24) is 4.98 Å². The topological polar surface area (TPSA) is 62.3 Å². The first-order valence-corrected chi connectivity index (χ1v) is 9.06. The molecule has 3 aromatic rings. The summed E-state index contributed by atoms with van der Waals surface area (Å²) in [7, 11) is 0. The van der Waals surface area contributed by atoms with Crippen molar-refractivity contribution in [3.05, 3.63) is 53.5 Å². The molecule has 0 saturated heterocycles. The molecule has 25 heavy (non-hydrogen) atoms. The predicted octanol–water partition coefficient (Wildman–Crippen LogP) is 3.60. The van der Waals surface area contributed by atoms with Gasteiger partial charge >= 0.3 is 0 Å². The Morgan fingerprint density at radius 3 is 2.84 bits per heavy atom. The molecular weight excluding hydrogens is 334 g/mol. The van der Waals surface area contributed by atoms with E-state index in [0.717, 1.165) is 20.9 Å². The van der Waals surface area contributed by atoms with Gasteiger partial charge in [-0.3, -0.25) is 9.59 Å². The highest BCUT2D eigenvalue weighted by atomic mass is 32.1. The highest BCUT2D eigenvalue weighted by Crippen LogP contribution is 2.29. The minimum Gasteiger partial charge on any atom is -0.324 e. The van der Waals surface area contributed by atoms with Crippen molar-refractivity contribution in [3.8, 4) is 0 Å². The minimum absolute atomic E-state index is 0.0169. The number of rotatable bonds is 3. The molecule has 5 nitrogen and oxygen atoms in total. The first-order chi connectivity index (χ1) is 12.2. The highest BCUT2D eigenvalue weighted by Gasteiger charge is 2.23. The zero-order chi connectivity index (χ0) is 17.2. The van der Waals surface area contributed by atoms with Crippen molar-refractivity contribution in [2.75, 3.05) is 16.8 Å². The summed E-state index contributed by atoms with van der Waals surface area (Å²) in [6.45, 7) is 0.404. The SMILES string of the molecule is O=C1CCN(C(=O)CCc2nc3ccccc3s2)c2ccccc2N1. The zero-order valence-electron chi connectivity index (χ0n) is 13.6. The van der Waals surface area contributed by atoms with E-state index in [4.69, 9.17) is 0 Å². The quantitative estimate of drug-likeness (QED) is 0.784. The smallest absolute Gasteiger partial charge is 0.227 e. The molecule has 0 atom stereocenters. The number of nitrogens with one attached hydrogen (secondary N) is 1. The van der Waals surface area contributed by atoms with Crippen molar-refractivity contribution >= 4 is 44.7 Å². The molecule has 1 aromatic heterocycles. The van der Waals surface area contributed by atoms with E-state index in [1.165, 1.54) is 0 Å². The van der Waals surface area contributed by atoms with Crippen LogP contribution in [0, 0.1) is 0 Å². The zero-order valence-corrected chi connectivity index (χ0v) is 14.4. The predicted molar refractivity (Wildman–Crippen MR) is 100.0 cm³/mol. The number of aromatic nitrogens is 1. The van der Waals surface area contributed by atoms with Gasteiger partial charge in [0.1, 0.15) is 0 Å². The molecule has 0 radical (unpaired) electrons. The van der Waals surface area contributed by atoms with E-state index in [9.17, 15) is 9.59 Å². The number of anilines is 2. The van der Waals surface area contributed by atoms with Gasteiger partial charge in [-0.25, -0.2) is 4.98 Å². The molecule has 4 rings (SSSR count). The van der Waals surface area contributed by atoms with Gasteiger partial charge in [0.15, 0.2) is 0 Å². The van der Waals surface area contributed by atoms with Crippen LogP contribution in [-0.2, 0) is 16.0 Å². The Hall–Kier alpha value is -2.73. The summed E-state index contributed by atoms with van der Waals surface area (Å²) in [5.74, 6) is -0.0443. The Morgan fingerprint density at radius 1 is 1.16 bits per heavy atom. The Labute approximate surface area is 149 Å². The lowest BCUT2D eigenvalue weighted by Crippen LogP contribution is -2.32. The van der Waals surface area contributed by atoms with E-state index in [2.05, 4.69) is 10.3 Å². The summed E-state index contributed by atoms with van der Waals surface area (Å²) >= 11 is 1.63. The van der Waals surface area contributed by atoms with Crippen molar-refractivity contribution < 1.29 is 9.59 Å². The van der Waals surface area contributed by atoms with Gasteiger partial charge in [-0.1, -0.05) is 24.3 Å². The molecule has 0 saturated carbocycles. The molecule has 1 aliphatic heterocycles. The molecule has 2 aromatic carbocycles. The van der Waals surface area contributed by atoms with Gasteiger partial charge in [0.2, 0.25) is 11.8 Å². The van der Waals surface area contributed by atoms with E-state index < -0.39 is 0 Å². The van der Waals surface area contributed by atoms with Crippen molar-refractivity contribution in [3.63, 3.8) is 0 Å². The number of fused-ring (bicyclic) bond motifs is 2. The van der Waals surface area contributed by atoms with Crippen LogP contribution in [0.1, 0.15) is 17.8 Å². The second kappa shape index (κ2) is 6.64. The standard InChI is InChI=1S/C19H17N3O2S/c23-17-11-12-22(15-7-3-1-5-13(15)20-17)19(24)10-9-18-21-14-6-2-4-8-16(14)25-18/h1-8H,9-12H2,(H,20,23). The number of para-hydroxylation sites is 3. The lowest BCUT2D eigenvalue weighted by atomic mass is 10.2. The normalized spacial score (nSPS) is 14.1. The van der Waals surface area contributed by atoms with Crippen LogP contribution >= 0.6 is 11.3 Å². The van der Waals surface area contributed by atoms with Crippen molar-refractivity contribution in [1.29, 1.82) is 0 Å². The molecular formula is C19H17N3O2S. The van der Waals surface area contributed by atoms with Crippen LogP contribution < -0.4 is 10.2 Å². The summed E-state index contributed by atoms with van der Waals surface area (Å²) in [5.41, 5.74) is 2.44.